The molecule has 0 unspecified atom stereocenters. The summed E-state index contributed by atoms with van der Waals surface area (Å²) in [6.07, 6.45) is 8.48. The lowest BCUT2D eigenvalue weighted by Gasteiger charge is -2.15. The molecule has 2 amide bonds. The van der Waals surface area contributed by atoms with Gasteiger partial charge in [0.15, 0.2) is 0 Å². The maximum atomic E-state index is 12.4. The molecule has 6 nitrogen and oxygen atoms in total. The Morgan fingerprint density at radius 2 is 2.06 bits per heavy atom. The lowest BCUT2D eigenvalue weighted by Crippen LogP contribution is -2.33. The second-order valence-electron chi connectivity index (χ2n) is 7.02. The molecule has 0 aliphatic rings. The molecule has 3 rings (SSSR count). The summed E-state index contributed by atoms with van der Waals surface area (Å²) in [7, 11) is 1.57. The number of carbonyl (C=O) groups is 2. The van der Waals surface area contributed by atoms with E-state index in [0.717, 1.165) is 16.3 Å². The Bertz CT molecular complexity index is 1180. The number of nitrogens with one attached hydrogen (secondary N) is 1. The number of hydrogen-bond donors (Lipinski definition) is 1. The van der Waals surface area contributed by atoms with Crippen LogP contribution in [-0.4, -0.2) is 35.3 Å². The van der Waals surface area contributed by atoms with Crippen molar-refractivity contribution in [2.45, 2.75) is 13.5 Å². The fourth-order valence-electron chi connectivity index (χ4n) is 2.82. The quantitative estimate of drug-likeness (QED) is 0.418. The van der Waals surface area contributed by atoms with Crippen LogP contribution in [0.2, 0.25) is 0 Å². The molecular formula is C25H23N3O3S. The van der Waals surface area contributed by atoms with Crippen molar-refractivity contribution in [1.82, 2.24) is 9.88 Å². The van der Waals surface area contributed by atoms with Gasteiger partial charge in [0.2, 0.25) is 11.8 Å². The molecule has 32 heavy (non-hydrogen) atoms. The zero-order valence-corrected chi connectivity index (χ0v) is 18.7. The number of hydrogen-bond acceptors (Lipinski definition) is 5. The Morgan fingerprint density at radius 1 is 1.25 bits per heavy atom. The molecule has 0 saturated carbocycles. The summed E-state index contributed by atoms with van der Waals surface area (Å²) in [4.78, 5) is 30.3. The monoisotopic (exact) mass is 445 g/mol. The van der Waals surface area contributed by atoms with Gasteiger partial charge in [-0.05, 0) is 48.9 Å². The van der Waals surface area contributed by atoms with Crippen molar-refractivity contribution in [3.8, 4) is 18.1 Å². The van der Waals surface area contributed by atoms with Crippen molar-refractivity contribution >= 4 is 34.9 Å². The Hall–Kier alpha value is -3.89. The molecule has 1 N–H and O–H groups in total. The van der Waals surface area contributed by atoms with Crippen molar-refractivity contribution in [2.24, 2.45) is 0 Å². The van der Waals surface area contributed by atoms with E-state index in [-0.39, 0.29) is 18.4 Å². The topological polar surface area (TPSA) is 71.5 Å². The number of aryl methyl sites for hydroxylation is 1. The molecule has 0 bridgehead atoms. The molecule has 0 saturated heterocycles. The van der Waals surface area contributed by atoms with Crippen molar-refractivity contribution in [2.75, 3.05) is 18.9 Å². The molecular weight excluding hydrogens is 422 g/mol. The molecule has 0 fully saturated rings. The number of amides is 2. The van der Waals surface area contributed by atoms with Gasteiger partial charge < -0.3 is 15.0 Å². The number of rotatable bonds is 8. The predicted octanol–water partition coefficient (Wildman–Crippen LogP) is 4.12. The molecule has 0 spiro atoms. The first-order valence-corrected chi connectivity index (χ1v) is 10.7. The largest absolute Gasteiger partial charge is 0.487 e. The zero-order chi connectivity index (χ0) is 22.9. The fraction of sp³-hybridized carbons (Fsp3) is 0.160. The summed E-state index contributed by atoms with van der Waals surface area (Å²) in [5.41, 5.74) is 2.96. The van der Waals surface area contributed by atoms with Gasteiger partial charge in [-0.15, -0.1) is 17.8 Å². The van der Waals surface area contributed by atoms with Gasteiger partial charge in [-0.3, -0.25) is 9.59 Å². The number of anilines is 1. The van der Waals surface area contributed by atoms with E-state index in [9.17, 15) is 9.59 Å². The van der Waals surface area contributed by atoms with E-state index in [0.29, 0.717) is 23.6 Å². The molecule has 7 heteroatoms. The molecule has 0 aliphatic carbocycles. The standard InChI is InChI=1S/C25H23N3O3S/c1-4-19-7-5-9-21(13-19)27-24(29)15-28(3)25(30)12-11-20-8-6-10-23(14-20)31-16-22-17-32-18(2)26-22/h1,5-14,17H,15-16H2,2-3H3,(H,27,29)/b12-11+. The van der Waals surface area contributed by atoms with Crippen molar-refractivity contribution < 1.29 is 14.3 Å². The summed E-state index contributed by atoms with van der Waals surface area (Å²) < 4.78 is 5.78. The van der Waals surface area contributed by atoms with Crippen LogP contribution in [0.5, 0.6) is 5.75 Å². The number of thiazole rings is 1. The molecule has 0 atom stereocenters. The van der Waals surface area contributed by atoms with Crippen LogP contribution in [0.1, 0.15) is 21.8 Å². The fourth-order valence-corrected chi connectivity index (χ4v) is 3.41. The average molecular weight is 446 g/mol. The summed E-state index contributed by atoms with van der Waals surface area (Å²) in [5.74, 6) is 2.60. The molecule has 0 radical (unpaired) electrons. The highest BCUT2D eigenvalue weighted by Crippen LogP contribution is 2.17. The average Bonchev–Trinajstić information content (AvgIpc) is 3.21. The Kier molecular flexibility index (Phi) is 7.79. The second kappa shape index (κ2) is 10.9. The highest BCUT2D eigenvalue weighted by atomic mass is 32.1. The summed E-state index contributed by atoms with van der Waals surface area (Å²) in [6.45, 7) is 2.26. The minimum atomic E-state index is -0.309. The number of aromatic nitrogens is 1. The zero-order valence-electron chi connectivity index (χ0n) is 17.9. The van der Waals surface area contributed by atoms with Crippen molar-refractivity contribution in [1.29, 1.82) is 0 Å². The van der Waals surface area contributed by atoms with Gasteiger partial charge in [-0.1, -0.05) is 24.1 Å². The number of nitrogens with zero attached hydrogens (tertiary/aromatic N) is 2. The first-order valence-electron chi connectivity index (χ1n) is 9.86. The maximum Gasteiger partial charge on any atom is 0.246 e. The third-order valence-electron chi connectivity index (χ3n) is 4.40. The Balaban J connectivity index is 1.52. The van der Waals surface area contributed by atoms with Crippen LogP contribution in [-0.2, 0) is 16.2 Å². The first kappa shape index (κ1) is 22.8. The van der Waals surface area contributed by atoms with Gasteiger partial charge in [-0.25, -0.2) is 4.98 Å². The van der Waals surface area contributed by atoms with Crippen molar-refractivity contribution in [3.63, 3.8) is 0 Å². The number of terminal acetylenes is 1. The van der Waals surface area contributed by atoms with E-state index in [2.05, 4.69) is 16.2 Å². The highest BCUT2D eigenvalue weighted by Gasteiger charge is 2.11. The van der Waals surface area contributed by atoms with Gasteiger partial charge in [0.1, 0.15) is 12.4 Å². The second-order valence-corrected chi connectivity index (χ2v) is 8.08. The van der Waals surface area contributed by atoms with E-state index in [1.807, 2.05) is 36.6 Å². The SMILES string of the molecule is C#Cc1cccc(NC(=O)CN(C)C(=O)/C=C/c2cccc(OCc3csc(C)n3)c2)c1. The van der Waals surface area contributed by atoms with E-state index >= 15 is 0 Å². The highest BCUT2D eigenvalue weighted by molar-refractivity contribution is 7.09. The van der Waals surface area contributed by atoms with Gasteiger partial charge in [0.05, 0.1) is 17.2 Å². The van der Waals surface area contributed by atoms with Crippen LogP contribution in [0.15, 0.2) is 60.0 Å². The molecule has 3 aromatic rings. The van der Waals surface area contributed by atoms with E-state index in [4.69, 9.17) is 11.2 Å². The van der Waals surface area contributed by atoms with Crippen LogP contribution in [0.4, 0.5) is 5.69 Å². The third kappa shape index (κ3) is 6.83. The first-order chi connectivity index (χ1) is 15.4. The maximum absolute atomic E-state index is 12.4. The Labute approximate surface area is 191 Å². The van der Waals surface area contributed by atoms with Gasteiger partial charge in [-0.2, -0.15) is 0 Å². The molecule has 0 aliphatic heterocycles. The minimum absolute atomic E-state index is 0.0837. The predicted molar refractivity (Wildman–Crippen MR) is 127 cm³/mol. The normalized spacial score (nSPS) is 10.5. The lowest BCUT2D eigenvalue weighted by atomic mass is 10.2. The van der Waals surface area contributed by atoms with Gasteiger partial charge in [0, 0.05) is 29.8 Å². The molecule has 1 heterocycles. The van der Waals surface area contributed by atoms with Crippen LogP contribution >= 0.6 is 11.3 Å². The smallest absolute Gasteiger partial charge is 0.246 e. The minimum Gasteiger partial charge on any atom is -0.487 e. The molecule has 1 aromatic heterocycles. The van der Waals surface area contributed by atoms with E-state index in [1.165, 1.54) is 11.0 Å². The van der Waals surface area contributed by atoms with E-state index < -0.39 is 0 Å². The molecule has 2 aromatic carbocycles. The van der Waals surface area contributed by atoms with Crippen LogP contribution in [0, 0.1) is 19.3 Å². The van der Waals surface area contributed by atoms with Crippen molar-refractivity contribution in [3.05, 3.63) is 81.8 Å². The van der Waals surface area contributed by atoms with Crippen LogP contribution in [0.3, 0.4) is 0 Å². The summed E-state index contributed by atoms with van der Waals surface area (Å²) in [6, 6.07) is 14.4. The number of carbonyl (C=O) groups excluding carboxylic acids is 2. The number of benzene rings is 2. The van der Waals surface area contributed by atoms with Gasteiger partial charge >= 0.3 is 0 Å². The summed E-state index contributed by atoms with van der Waals surface area (Å²) in [5, 5.41) is 5.70. The summed E-state index contributed by atoms with van der Waals surface area (Å²) >= 11 is 1.58. The van der Waals surface area contributed by atoms with Crippen LogP contribution < -0.4 is 10.1 Å². The molecule has 162 valence electrons. The lowest BCUT2D eigenvalue weighted by molar-refractivity contribution is -0.129. The number of likely N-dealkylation sites (N-methyl/N-ethyl adjacent to an activating group) is 1. The Morgan fingerprint density at radius 3 is 2.81 bits per heavy atom. The van der Waals surface area contributed by atoms with Gasteiger partial charge in [0.25, 0.3) is 0 Å². The van der Waals surface area contributed by atoms with Crippen LogP contribution in [0.25, 0.3) is 6.08 Å². The van der Waals surface area contributed by atoms with E-state index in [1.54, 1.807) is 48.7 Å². The third-order valence-corrected chi connectivity index (χ3v) is 5.22. The number of ether oxygens (including phenoxy) is 1.